The van der Waals surface area contributed by atoms with Gasteiger partial charge in [0.2, 0.25) is 0 Å². The Morgan fingerprint density at radius 3 is 2.77 bits per heavy atom. The Hall–Kier alpha value is -3.45. The minimum Gasteiger partial charge on any atom is -0.459 e. The highest BCUT2D eigenvalue weighted by Crippen LogP contribution is 2.20. The molecule has 0 unspecified atom stereocenters. The monoisotopic (exact) mass is 415 g/mol. The maximum Gasteiger partial charge on any atom is 0.287 e. The van der Waals surface area contributed by atoms with E-state index in [1.807, 2.05) is 6.92 Å². The lowest BCUT2D eigenvalue weighted by Crippen LogP contribution is -2.30. The van der Waals surface area contributed by atoms with Crippen molar-refractivity contribution in [2.75, 3.05) is 13.1 Å². The molecule has 0 fully saturated rings. The highest BCUT2D eigenvalue weighted by atomic mass is 16.3. The first-order valence-corrected chi connectivity index (χ1v) is 10.6. The fraction of sp³-hybridized carbons (Fsp3) is 0.292. The van der Waals surface area contributed by atoms with Crippen molar-refractivity contribution in [3.05, 3.63) is 83.8 Å². The van der Waals surface area contributed by atoms with Crippen LogP contribution in [0.5, 0.6) is 0 Å². The van der Waals surface area contributed by atoms with Crippen molar-refractivity contribution in [2.45, 2.75) is 32.5 Å². The van der Waals surface area contributed by atoms with E-state index < -0.39 is 0 Å². The van der Waals surface area contributed by atoms with Crippen molar-refractivity contribution in [1.82, 2.24) is 25.0 Å². The Balaban J connectivity index is 1.26. The molecule has 1 N–H and O–H groups in total. The number of carbonyl (C=O) groups excluding carboxylic acids is 1. The highest BCUT2D eigenvalue weighted by Gasteiger charge is 2.23. The number of fused-ring (bicyclic) bond motifs is 2. The van der Waals surface area contributed by atoms with E-state index in [0.717, 1.165) is 44.2 Å². The van der Waals surface area contributed by atoms with E-state index in [2.05, 4.69) is 67.4 Å². The van der Waals surface area contributed by atoms with E-state index in [-0.39, 0.29) is 11.9 Å². The van der Waals surface area contributed by atoms with Gasteiger partial charge in [0.1, 0.15) is 5.82 Å². The van der Waals surface area contributed by atoms with E-state index in [9.17, 15) is 4.79 Å². The number of nitrogens with one attached hydrogen (secondary N) is 1. The molecule has 1 atom stereocenters. The molecule has 5 rings (SSSR count). The van der Waals surface area contributed by atoms with Gasteiger partial charge in [-0.25, -0.2) is 0 Å². The second kappa shape index (κ2) is 8.35. The number of rotatable bonds is 5. The van der Waals surface area contributed by atoms with Gasteiger partial charge in [-0.2, -0.15) is 0 Å². The number of carbonyl (C=O) groups is 1. The zero-order chi connectivity index (χ0) is 21.2. The SMILES string of the molecule is C[C@H](NC(=O)c1ccco1)c1nnc2n1CCN(Cc1ccc3ccccc3c1)CC2. The number of amides is 1. The number of hydrogen-bond donors (Lipinski definition) is 1. The lowest BCUT2D eigenvalue weighted by molar-refractivity contribution is 0.0909. The summed E-state index contributed by atoms with van der Waals surface area (Å²) >= 11 is 0. The van der Waals surface area contributed by atoms with Gasteiger partial charge < -0.3 is 14.3 Å². The maximum absolute atomic E-state index is 12.3. The fourth-order valence-electron chi connectivity index (χ4n) is 4.20. The zero-order valence-electron chi connectivity index (χ0n) is 17.5. The molecule has 0 radical (unpaired) electrons. The average Bonchev–Trinajstić information content (AvgIpc) is 3.42. The van der Waals surface area contributed by atoms with Crippen molar-refractivity contribution < 1.29 is 9.21 Å². The summed E-state index contributed by atoms with van der Waals surface area (Å²) in [6, 6.07) is 18.2. The summed E-state index contributed by atoms with van der Waals surface area (Å²) in [5, 5.41) is 14.3. The Labute approximate surface area is 180 Å². The number of hydrogen-bond acceptors (Lipinski definition) is 5. The van der Waals surface area contributed by atoms with E-state index in [1.54, 1.807) is 12.1 Å². The maximum atomic E-state index is 12.3. The van der Waals surface area contributed by atoms with E-state index >= 15 is 0 Å². The third-order valence-electron chi connectivity index (χ3n) is 5.85. The summed E-state index contributed by atoms with van der Waals surface area (Å²) in [7, 11) is 0. The number of furan rings is 1. The van der Waals surface area contributed by atoms with Gasteiger partial charge in [-0.3, -0.25) is 9.69 Å². The lowest BCUT2D eigenvalue weighted by Gasteiger charge is -2.20. The first-order valence-electron chi connectivity index (χ1n) is 10.6. The predicted molar refractivity (Wildman–Crippen MR) is 118 cm³/mol. The predicted octanol–water partition coefficient (Wildman–Crippen LogP) is 3.57. The van der Waals surface area contributed by atoms with Crippen LogP contribution in [-0.2, 0) is 19.5 Å². The third kappa shape index (κ3) is 4.09. The Bertz CT molecular complexity index is 1200. The summed E-state index contributed by atoms with van der Waals surface area (Å²) in [5.41, 5.74) is 1.32. The summed E-state index contributed by atoms with van der Waals surface area (Å²) in [6.45, 7) is 5.47. The Morgan fingerprint density at radius 1 is 1.06 bits per heavy atom. The van der Waals surface area contributed by atoms with Gasteiger partial charge >= 0.3 is 0 Å². The first kappa shape index (κ1) is 19.5. The molecular weight excluding hydrogens is 390 g/mol. The average molecular weight is 415 g/mol. The second-order valence-electron chi connectivity index (χ2n) is 8.01. The number of nitrogens with zero attached hydrogens (tertiary/aromatic N) is 4. The molecule has 2 aromatic carbocycles. The van der Waals surface area contributed by atoms with Gasteiger partial charge in [0, 0.05) is 32.6 Å². The van der Waals surface area contributed by atoms with E-state index in [1.165, 1.54) is 22.6 Å². The van der Waals surface area contributed by atoms with Crippen molar-refractivity contribution in [3.63, 3.8) is 0 Å². The van der Waals surface area contributed by atoms with Crippen LogP contribution in [-0.4, -0.2) is 38.7 Å². The van der Waals surface area contributed by atoms with Gasteiger partial charge in [-0.05, 0) is 41.5 Å². The van der Waals surface area contributed by atoms with Crippen LogP contribution in [0.15, 0.2) is 65.3 Å². The van der Waals surface area contributed by atoms with Gasteiger partial charge in [-0.1, -0.05) is 36.4 Å². The van der Waals surface area contributed by atoms with Crippen LogP contribution in [0, 0.1) is 0 Å². The molecule has 3 heterocycles. The van der Waals surface area contributed by atoms with Crippen LogP contribution in [0.2, 0.25) is 0 Å². The molecule has 0 spiro atoms. The van der Waals surface area contributed by atoms with Crippen molar-refractivity contribution >= 4 is 16.7 Å². The third-order valence-corrected chi connectivity index (χ3v) is 5.85. The van der Waals surface area contributed by atoms with Crippen LogP contribution >= 0.6 is 0 Å². The lowest BCUT2D eigenvalue weighted by atomic mass is 10.1. The zero-order valence-corrected chi connectivity index (χ0v) is 17.5. The first-order chi connectivity index (χ1) is 15.2. The van der Waals surface area contributed by atoms with Gasteiger partial charge in [0.25, 0.3) is 5.91 Å². The van der Waals surface area contributed by atoms with Gasteiger partial charge in [0.05, 0.1) is 12.3 Å². The fourth-order valence-corrected chi connectivity index (χ4v) is 4.20. The molecule has 0 saturated heterocycles. The minimum atomic E-state index is -0.258. The molecule has 158 valence electrons. The molecule has 0 saturated carbocycles. The largest absolute Gasteiger partial charge is 0.459 e. The molecule has 7 nitrogen and oxygen atoms in total. The van der Waals surface area contributed by atoms with Gasteiger partial charge in [0.15, 0.2) is 11.6 Å². The van der Waals surface area contributed by atoms with E-state index in [0.29, 0.717) is 5.76 Å². The normalized spacial score (nSPS) is 15.4. The Kier molecular flexibility index (Phi) is 5.26. The number of benzene rings is 2. The topological polar surface area (TPSA) is 76.2 Å². The molecule has 1 amide bonds. The van der Waals surface area contributed by atoms with Gasteiger partial charge in [-0.15, -0.1) is 10.2 Å². The van der Waals surface area contributed by atoms with Crippen LogP contribution < -0.4 is 5.32 Å². The minimum absolute atomic E-state index is 0.249. The summed E-state index contributed by atoms with van der Waals surface area (Å²) in [4.78, 5) is 14.8. The van der Waals surface area contributed by atoms with Crippen molar-refractivity contribution in [3.8, 4) is 0 Å². The number of aromatic nitrogens is 3. The molecule has 4 aromatic rings. The Morgan fingerprint density at radius 2 is 1.94 bits per heavy atom. The smallest absolute Gasteiger partial charge is 0.287 e. The van der Waals surface area contributed by atoms with Crippen LogP contribution in [0.25, 0.3) is 10.8 Å². The van der Waals surface area contributed by atoms with Crippen molar-refractivity contribution in [1.29, 1.82) is 0 Å². The quantitative estimate of drug-likeness (QED) is 0.539. The molecule has 7 heteroatoms. The van der Waals surface area contributed by atoms with Crippen LogP contribution in [0.3, 0.4) is 0 Å². The summed E-state index contributed by atoms with van der Waals surface area (Å²) in [6.07, 6.45) is 2.33. The van der Waals surface area contributed by atoms with E-state index in [4.69, 9.17) is 4.42 Å². The van der Waals surface area contributed by atoms with Crippen LogP contribution in [0.1, 0.15) is 40.7 Å². The molecule has 2 aromatic heterocycles. The molecule has 1 aliphatic heterocycles. The molecule has 1 aliphatic rings. The summed E-state index contributed by atoms with van der Waals surface area (Å²) < 4.78 is 7.33. The molecule has 0 bridgehead atoms. The standard InChI is InChI=1S/C24H25N5O2/c1-17(25-24(30)21-7-4-14-31-21)23-27-26-22-10-11-28(12-13-29(22)23)16-18-8-9-19-5-2-3-6-20(19)15-18/h2-9,14-15,17H,10-13,16H2,1H3,(H,25,30)/t17-/m0/s1. The second-order valence-corrected chi connectivity index (χ2v) is 8.01. The molecule has 0 aliphatic carbocycles. The van der Waals surface area contributed by atoms with Crippen molar-refractivity contribution in [2.24, 2.45) is 0 Å². The molecular formula is C24H25N5O2. The highest BCUT2D eigenvalue weighted by molar-refractivity contribution is 5.91. The summed E-state index contributed by atoms with van der Waals surface area (Å²) in [5.74, 6) is 1.79. The van der Waals surface area contributed by atoms with Crippen LogP contribution in [0.4, 0.5) is 0 Å². The molecule has 31 heavy (non-hydrogen) atoms.